The minimum absolute atomic E-state index is 0.488. The third-order valence-corrected chi connectivity index (χ3v) is 2.02. The molecule has 1 unspecified atom stereocenters. The Balaban J connectivity index is 0.000000468. The average Bonchev–Trinajstić information content (AvgIpc) is 2.37. The van der Waals surface area contributed by atoms with Crippen molar-refractivity contribution in [1.29, 1.82) is 0 Å². The van der Waals surface area contributed by atoms with Crippen molar-refractivity contribution < 1.29 is 33.7 Å². The first-order valence-electron chi connectivity index (χ1n) is 6.87. The fourth-order valence-electron chi connectivity index (χ4n) is 1.15. The molecule has 0 bridgehead atoms. The number of carboxylic acid groups (broad SMARTS) is 1. The van der Waals surface area contributed by atoms with Crippen LogP contribution in [0.5, 0.6) is 5.75 Å². The number of carbonyl (C=O) groups is 3. The third kappa shape index (κ3) is 11.7. The van der Waals surface area contributed by atoms with Gasteiger partial charge in [0.1, 0.15) is 11.4 Å². The molecule has 7 nitrogen and oxygen atoms in total. The Labute approximate surface area is 135 Å². The zero-order valence-corrected chi connectivity index (χ0v) is 13.9. The fourth-order valence-corrected chi connectivity index (χ4v) is 1.15. The highest BCUT2D eigenvalue weighted by atomic mass is 16.7. The Bertz CT molecular complexity index is 517. The molecule has 1 rings (SSSR count). The Morgan fingerprint density at radius 3 is 1.96 bits per heavy atom. The lowest BCUT2D eigenvalue weighted by Gasteiger charge is -2.18. The average molecular weight is 326 g/mol. The smallest absolute Gasteiger partial charge is 0.479 e. The van der Waals surface area contributed by atoms with Gasteiger partial charge in [-0.2, -0.15) is 0 Å². The van der Waals surface area contributed by atoms with E-state index in [1.807, 2.05) is 6.07 Å². The Kier molecular flexibility index (Phi) is 8.39. The highest BCUT2D eigenvalue weighted by Crippen LogP contribution is 2.13. The largest absolute Gasteiger partial charge is 0.514 e. The second kappa shape index (κ2) is 9.45. The summed E-state index contributed by atoms with van der Waals surface area (Å²) in [7, 11) is 0. The van der Waals surface area contributed by atoms with Gasteiger partial charge >= 0.3 is 18.1 Å². The van der Waals surface area contributed by atoms with E-state index in [2.05, 4.69) is 4.74 Å². The molecule has 1 N–H and O–H groups in total. The first-order chi connectivity index (χ1) is 10.5. The molecular formula is C16H22O7. The van der Waals surface area contributed by atoms with E-state index < -0.39 is 29.8 Å². The molecule has 0 aliphatic carbocycles. The number of ether oxygens (including phenoxy) is 3. The van der Waals surface area contributed by atoms with Gasteiger partial charge in [0.2, 0.25) is 0 Å². The van der Waals surface area contributed by atoms with Crippen LogP contribution in [0.2, 0.25) is 0 Å². The first kappa shape index (κ1) is 20.4. The SMILES string of the molecule is CC(=O)OC(C)C(=O)O.CC(C)(C)OC(=O)Oc1ccccc1. The van der Waals surface area contributed by atoms with Gasteiger partial charge in [0.15, 0.2) is 6.10 Å². The molecule has 0 spiro atoms. The van der Waals surface area contributed by atoms with Crippen molar-refractivity contribution in [1.82, 2.24) is 0 Å². The van der Waals surface area contributed by atoms with E-state index in [0.29, 0.717) is 5.75 Å². The molecule has 0 saturated heterocycles. The maximum absolute atomic E-state index is 11.2. The van der Waals surface area contributed by atoms with Crippen molar-refractivity contribution in [2.75, 3.05) is 0 Å². The number of esters is 1. The predicted octanol–water partition coefficient (Wildman–Crippen LogP) is 3.02. The molecule has 0 aliphatic heterocycles. The van der Waals surface area contributed by atoms with Crippen LogP contribution in [0.25, 0.3) is 0 Å². The molecular weight excluding hydrogens is 304 g/mol. The first-order valence-corrected chi connectivity index (χ1v) is 6.87. The van der Waals surface area contributed by atoms with Crippen molar-refractivity contribution in [3.05, 3.63) is 30.3 Å². The maximum Gasteiger partial charge on any atom is 0.514 e. The maximum atomic E-state index is 11.2. The number of carbonyl (C=O) groups excluding carboxylic acids is 2. The molecule has 0 radical (unpaired) electrons. The van der Waals surface area contributed by atoms with Gasteiger partial charge in [-0.15, -0.1) is 0 Å². The van der Waals surface area contributed by atoms with E-state index in [-0.39, 0.29) is 0 Å². The van der Waals surface area contributed by atoms with Crippen LogP contribution < -0.4 is 4.74 Å². The number of rotatable bonds is 3. The highest BCUT2D eigenvalue weighted by Gasteiger charge is 2.17. The van der Waals surface area contributed by atoms with Gasteiger partial charge in [-0.1, -0.05) is 18.2 Å². The number of benzene rings is 1. The van der Waals surface area contributed by atoms with Gasteiger partial charge in [0.05, 0.1) is 0 Å². The highest BCUT2D eigenvalue weighted by molar-refractivity contribution is 5.76. The molecule has 1 aromatic rings. The standard InChI is InChI=1S/C11H14O3.C5H8O4/c1-11(2,3)14-10(12)13-9-7-5-4-6-8-9;1-3(5(7)8)9-4(2)6/h4-8H,1-3H3;3H,1-2H3,(H,7,8). The molecule has 1 aromatic carbocycles. The fraction of sp³-hybridized carbons (Fsp3) is 0.438. The Morgan fingerprint density at radius 2 is 1.61 bits per heavy atom. The van der Waals surface area contributed by atoms with Crippen molar-refractivity contribution in [2.24, 2.45) is 0 Å². The monoisotopic (exact) mass is 326 g/mol. The summed E-state index contributed by atoms with van der Waals surface area (Å²) >= 11 is 0. The van der Waals surface area contributed by atoms with Crippen LogP contribution in [0.15, 0.2) is 30.3 Å². The van der Waals surface area contributed by atoms with E-state index in [1.54, 1.807) is 45.0 Å². The topological polar surface area (TPSA) is 99.1 Å². The molecule has 1 atom stereocenters. The molecule has 0 heterocycles. The van der Waals surface area contributed by atoms with Gasteiger partial charge in [-0.3, -0.25) is 4.79 Å². The van der Waals surface area contributed by atoms with Gasteiger partial charge in [0.25, 0.3) is 0 Å². The minimum atomic E-state index is -1.13. The van der Waals surface area contributed by atoms with Crippen molar-refractivity contribution in [3.8, 4) is 5.75 Å². The van der Waals surface area contributed by atoms with Crippen LogP contribution >= 0.6 is 0 Å². The summed E-state index contributed by atoms with van der Waals surface area (Å²) in [5.41, 5.74) is -0.522. The normalized spacial score (nSPS) is 11.3. The van der Waals surface area contributed by atoms with Gasteiger partial charge in [0, 0.05) is 6.92 Å². The number of aliphatic carboxylic acids is 1. The zero-order valence-electron chi connectivity index (χ0n) is 13.9. The van der Waals surface area contributed by atoms with Crippen LogP contribution in [-0.4, -0.2) is 34.9 Å². The molecule has 0 saturated carbocycles. The van der Waals surface area contributed by atoms with Crippen LogP contribution in [-0.2, 0) is 19.1 Å². The lowest BCUT2D eigenvalue weighted by Crippen LogP contribution is -2.25. The lowest BCUT2D eigenvalue weighted by molar-refractivity contribution is -0.161. The van der Waals surface area contributed by atoms with E-state index in [4.69, 9.17) is 14.6 Å². The number of hydrogen-bond acceptors (Lipinski definition) is 6. The molecule has 0 amide bonds. The summed E-state index contributed by atoms with van der Waals surface area (Å²) in [5.74, 6) is -1.23. The molecule has 7 heteroatoms. The van der Waals surface area contributed by atoms with Crippen molar-refractivity contribution in [2.45, 2.75) is 46.3 Å². The van der Waals surface area contributed by atoms with Gasteiger partial charge < -0.3 is 19.3 Å². The van der Waals surface area contributed by atoms with Crippen molar-refractivity contribution >= 4 is 18.1 Å². The zero-order chi connectivity index (χ0) is 18.0. The number of para-hydroxylation sites is 1. The van der Waals surface area contributed by atoms with Crippen LogP contribution in [0, 0.1) is 0 Å². The van der Waals surface area contributed by atoms with E-state index >= 15 is 0 Å². The Hall–Kier alpha value is -2.57. The quantitative estimate of drug-likeness (QED) is 0.673. The van der Waals surface area contributed by atoms with Gasteiger partial charge in [-0.25, -0.2) is 9.59 Å². The second-order valence-electron chi connectivity index (χ2n) is 5.47. The summed E-state index contributed by atoms with van der Waals surface area (Å²) in [6, 6.07) is 8.83. The summed E-state index contributed by atoms with van der Waals surface area (Å²) in [5, 5.41) is 8.15. The third-order valence-electron chi connectivity index (χ3n) is 2.02. The van der Waals surface area contributed by atoms with E-state index in [1.165, 1.54) is 13.8 Å². The van der Waals surface area contributed by atoms with Crippen LogP contribution in [0.3, 0.4) is 0 Å². The Morgan fingerprint density at radius 1 is 1.09 bits per heavy atom. The summed E-state index contributed by atoms with van der Waals surface area (Å²) in [4.78, 5) is 31.2. The molecule has 0 fully saturated rings. The predicted molar refractivity (Wildman–Crippen MR) is 82.2 cm³/mol. The van der Waals surface area contributed by atoms with E-state index in [0.717, 1.165) is 0 Å². The summed E-state index contributed by atoms with van der Waals surface area (Å²) in [6.45, 7) is 7.83. The summed E-state index contributed by atoms with van der Waals surface area (Å²) in [6.07, 6.45) is -1.72. The molecule has 128 valence electrons. The molecule has 0 aromatic heterocycles. The number of carboxylic acids is 1. The second-order valence-corrected chi connectivity index (χ2v) is 5.47. The van der Waals surface area contributed by atoms with Gasteiger partial charge in [-0.05, 0) is 39.8 Å². The van der Waals surface area contributed by atoms with Crippen LogP contribution in [0.1, 0.15) is 34.6 Å². The molecule has 0 aliphatic rings. The lowest BCUT2D eigenvalue weighted by atomic mass is 10.2. The minimum Gasteiger partial charge on any atom is -0.479 e. The van der Waals surface area contributed by atoms with Crippen LogP contribution in [0.4, 0.5) is 4.79 Å². The molecule has 23 heavy (non-hydrogen) atoms. The number of hydrogen-bond donors (Lipinski definition) is 1. The van der Waals surface area contributed by atoms with E-state index in [9.17, 15) is 14.4 Å². The van der Waals surface area contributed by atoms with Crippen molar-refractivity contribution in [3.63, 3.8) is 0 Å². The summed E-state index contributed by atoms with van der Waals surface area (Å²) < 4.78 is 14.2.